The van der Waals surface area contributed by atoms with Gasteiger partial charge in [0.2, 0.25) is 5.91 Å². The number of aliphatic hydroxyl groups excluding tert-OH is 1. The molecule has 0 radical (unpaired) electrons. The maximum Gasteiger partial charge on any atom is 0.326 e. The van der Waals surface area contributed by atoms with Crippen LogP contribution < -0.4 is 11.1 Å². The van der Waals surface area contributed by atoms with E-state index in [1.807, 2.05) is 0 Å². The van der Waals surface area contributed by atoms with Gasteiger partial charge in [0.15, 0.2) is 0 Å². The van der Waals surface area contributed by atoms with Gasteiger partial charge in [0.05, 0.1) is 6.10 Å². The van der Waals surface area contributed by atoms with Crippen molar-refractivity contribution in [2.45, 2.75) is 44.4 Å². The highest BCUT2D eigenvalue weighted by molar-refractivity contribution is 5.87. The Morgan fingerprint density at radius 1 is 1.32 bits per heavy atom. The van der Waals surface area contributed by atoms with Gasteiger partial charge in [0, 0.05) is 0 Å². The maximum atomic E-state index is 12.8. The van der Waals surface area contributed by atoms with Gasteiger partial charge in [-0.25, -0.2) is 9.18 Å². The van der Waals surface area contributed by atoms with E-state index in [0.717, 1.165) is 5.56 Å². The van der Waals surface area contributed by atoms with Crippen LogP contribution in [-0.2, 0) is 16.0 Å². The number of nitrogens with two attached hydrogens (primary N) is 1. The second kappa shape index (κ2) is 8.45. The predicted molar refractivity (Wildman–Crippen MR) is 78.6 cm³/mol. The molecule has 5 N–H and O–H groups in total. The Hall–Kier alpha value is -1.99. The highest BCUT2D eigenvalue weighted by Gasteiger charge is 2.25. The van der Waals surface area contributed by atoms with Crippen molar-refractivity contribution in [3.63, 3.8) is 0 Å². The molecule has 0 aliphatic rings. The zero-order chi connectivity index (χ0) is 16.7. The quantitative estimate of drug-likeness (QED) is 0.556. The Balaban J connectivity index is 2.49. The van der Waals surface area contributed by atoms with Gasteiger partial charge in [-0.1, -0.05) is 12.1 Å². The lowest BCUT2D eigenvalue weighted by atomic mass is 10.0. The second-order valence-corrected chi connectivity index (χ2v) is 5.18. The number of hydrogen-bond acceptors (Lipinski definition) is 4. The largest absolute Gasteiger partial charge is 0.480 e. The van der Waals surface area contributed by atoms with Crippen molar-refractivity contribution in [3.8, 4) is 0 Å². The van der Waals surface area contributed by atoms with Gasteiger partial charge in [0.25, 0.3) is 0 Å². The van der Waals surface area contributed by atoms with Crippen LogP contribution in [0.1, 0.15) is 25.3 Å². The molecule has 0 bridgehead atoms. The van der Waals surface area contributed by atoms with Crippen molar-refractivity contribution in [2.24, 2.45) is 5.73 Å². The molecule has 0 aliphatic carbocycles. The molecule has 1 rings (SSSR count). The average Bonchev–Trinajstić information content (AvgIpc) is 2.46. The van der Waals surface area contributed by atoms with Crippen LogP contribution in [-0.4, -0.2) is 40.3 Å². The monoisotopic (exact) mass is 312 g/mol. The molecule has 0 heterocycles. The Kier molecular flexibility index (Phi) is 6.94. The number of carboxylic acids is 1. The van der Waals surface area contributed by atoms with E-state index in [1.54, 1.807) is 12.1 Å². The fraction of sp³-hybridized carbons (Fsp3) is 0.467. The zero-order valence-electron chi connectivity index (χ0n) is 12.3. The smallest absolute Gasteiger partial charge is 0.326 e. The minimum Gasteiger partial charge on any atom is -0.480 e. The van der Waals surface area contributed by atoms with E-state index >= 15 is 0 Å². The molecule has 0 aromatic heterocycles. The fourth-order valence-electron chi connectivity index (χ4n) is 1.91. The number of halogens is 1. The number of hydrogen-bond donors (Lipinski definition) is 4. The van der Waals surface area contributed by atoms with Crippen molar-refractivity contribution >= 4 is 11.9 Å². The van der Waals surface area contributed by atoms with Crippen LogP contribution in [0, 0.1) is 5.82 Å². The number of amides is 1. The maximum absolute atomic E-state index is 12.8. The average molecular weight is 312 g/mol. The zero-order valence-corrected chi connectivity index (χ0v) is 12.3. The molecule has 0 saturated heterocycles. The number of carboxylic acid groups (broad SMARTS) is 1. The van der Waals surface area contributed by atoms with Gasteiger partial charge < -0.3 is 21.3 Å². The summed E-state index contributed by atoms with van der Waals surface area (Å²) >= 11 is 0. The highest BCUT2D eigenvalue weighted by atomic mass is 19.1. The minimum absolute atomic E-state index is 0.213. The summed E-state index contributed by atoms with van der Waals surface area (Å²) in [7, 11) is 0. The lowest BCUT2D eigenvalue weighted by Gasteiger charge is -2.19. The van der Waals surface area contributed by atoms with Crippen LogP contribution in [0.3, 0.4) is 0 Å². The molecule has 0 saturated carbocycles. The summed E-state index contributed by atoms with van der Waals surface area (Å²) in [6, 6.07) is 3.71. The van der Waals surface area contributed by atoms with Crippen LogP contribution in [0.15, 0.2) is 24.3 Å². The Morgan fingerprint density at radius 2 is 1.91 bits per heavy atom. The molecule has 1 amide bonds. The Labute approximate surface area is 128 Å². The number of nitrogens with one attached hydrogen (secondary N) is 1. The van der Waals surface area contributed by atoms with E-state index in [2.05, 4.69) is 5.32 Å². The van der Waals surface area contributed by atoms with Crippen molar-refractivity contribution in [3.05, 3.63) is 35.6 Å². The molecule has 22 heavy (non-hydrogen) atoms. The number of aryl methyl sites for hydroxylation is 1. The standard InChI is InChI=1S/C15H21FN2O4/c1-9(19)13(17)14(20)18-12(15(21)22)4-2-3-10-5-7-11(16)8-6-10/h5-9,12-13,19H,2-4,17H2,1H3,(H,18,20)(H,21,22)/t9-,12?,13+/m0/s1. The van der Waals surface area contributed by atoms with Crippen LogP contribution in [0.25, 0.3) is 0 Å². The Bertz CT molecular complexity index is 505. The minimum atomic E-state index is -1.17. The molecule has 1 unspecified atom stereocenters. The Morgan fingerprint density at radius 3 is 2.41 bits per heavy atom. The van der Waals surface area contributed by atoms with Crippen LogP contribution in [0.4, 0.5) is 4.39 Å². The summed E-state index contributed by atoms with van der Waals surface area (Å²) < 4.78 is 12.8. The first-order chi connectivity index (χ1) is 10.3. The molecule has 1 aromatic rings. The van der Waals surface area contributed by atoms with Crippen molar-refractivity contribution < 1.29 is 24.2 Å². The van der Waals surface area contributed by atoms with Gasteiger partial charge >= 0.3 is 5.97 Å². The fourth-order valence-corrected chi connectivity index (χ4v) is 1.91. The summed E-state index contributed by atoms with van der Waals surface area (Å²) in [6.45, 7) is 1.36. The van der Waals surface area contributed by atoms with Gasteiger partial charge in [-0.3, -0.25) is 4.79 Å². The van der Waals surface area contributed by atoms with E-state index in [1.165, 1.54) is 19.1 Å². The number of aliphatic carboxylic acids is 1. The summed E-state index contributed by atoms with van der Waals surface area (Å²) in [5.74, 6) is -2.19. The third kappa shape index (κ3) is 5.79. The number of benzene rings is 1. The van der Waals surface area contributed by atoms with Crippen LogP contribution in [0.5, 0.6) is 0 Å². The van der Waals surface area contributed by atoms with E-state index in [9.17, 15) is 19.1 Å². The third-order valence-electron chi connectivity index (χ3n) is 3.31. The van der Waals surface area contributed by atoms with Gasteiger partial charge in [0.1, 0.15) is 17.9 Å². The topological polar surface area (TPSA) is 113 Å². The SMILES string of the molecule is C[C@H](O)[C@@H](N)C(=O)NC(CCCc1ccc(F)cc1)C(=O)O. The molecular formula is C15H21FN2O4. The van der Waals surface area contributed by atoms with Crippen molar-refractivity contribution in [2.75, 3.05) is 0 Å². The molecule has 0 spiro atoms. The lowest BCUT2D eigenvalue weighted by Crippen LogP contribution is -2.52. The second-order valence-electron chi connectivity index (χ2n) is 5.18. The van der Waals surface area contributed by atoms with Gasteiger partial charge in [-0.05, 0) is 43.9 Å². The van der Waals surface area contributed by atoms with E-state index in [4.69, 9.17) is 10.8 Å². The lowest BCUT2D eigenvalue weighted by molar-refractivity contribution is -0.142. The van der Waals surface area contributed by atoms with Crippen LogP contribution in [0.2, 0.25) is 0 Å². The van der Waals surface area contributed by atoms with Gasteiger partial charge in [-0.2, -0.15) is 0 Å². The summed E-state index contributed by atoms with van der Waals surface area (Å²) in [6.07, 6.45) is 0.230. The molecular weight excluding hydrogens is 291 g/mol. The number of rotatable bonds is 8. The molecule has 3 atom stereocenters. The molecule has 0 aliphatic heterocycles. The van der Waals surface area contributed by atoms with Crippen LogP contribution >= 0.6 is 0 Å². The summed E-state index contributed by atoms with van der Waals surface area (Å²) in [5, 5.41) is 20.6. The molecule has 122 valence electrons. The number of aliphatic hydroxyl groups is 1. The molecule has 1 aromatic carbocycles. The van der Waals surface area contributed by atoms with E-state index in [-0.39, 0.29) is 12.2 Å². The van der Waals surface area contributed by atoms with Crippen molar-refractivity contribution in [1.29, 1.82) is 0 Å². The van der Waals surface area contributed by atoms with Gasteiger partial charge in [-0.15, -0.1) is 0 Å². The van der Waals surface area contributed by atoms with E-state index in [0.29, 0.717) is 12.8 Å². The number of carbonyl (C=O) groups excluding carboxylic acids is 1. The molecule has 0 fully saturated rings. The van der Waals surface area contributed by atoms with Crippen molar-refractivity contribution in [1.82, 2.24) is 5.32 Å². The van der Waals surface area contributed by atoms with E-state index < -0.39 is 30.1 Å². The summed E-state index contributed by atoms with van der Waals surface area (Å²) in [5.41, 5.74) is 6.34. The summed E-state index contributed by atoms with van der Waals surface area (Å²) in [4.78, 5) is 22.8. The number of carbonyl (C=O) groups is 2. The third-order valence-corrected chi connectivity index (χ3v) is 3.31. The first kappa shape index (κ1) is 18.1. The normalized spacial score (nSPS) is 14.9. The first-order valence-electron chi connectivity index (χ1n) is 7.02. The highest BCUT2D eigenvalue weighted by Crippen LogP contribution is 2.09. The predicted octanol–water partition coefficient (Wildman–Crippen LogP) is 0.426. The first-order valence-corrected chi connectivity index (χ1v) is 7.02. The molecule has 7 heteroatoms. The molecule has 6 nitrogen and oxygen atoms in total.